The Balaban J connectivity index is 1.83. The fraction of sp³-hybridized carbons (Fsp3) is 0.381. The van der Waals surface area contributed by atoms with E-state index in [-0.39, 0.29) is 17.5 Å². The molecule has 2 amide bonds. The molecule has 0 spiro atoms. The van der Waals surface area contributed by atoms with Crippen LogP contribution in [-0.4, -0.2) is 34.8 Å². The molecule has 0 radical (unpaired) electrons. The molecule has 136 valence electrons. The average Bonchev–Trinajstić information content (AvgIpc) is 3.22. The third-order valence-corrected chi connectivity index (χ3v) is 4.87. The number of nitrogens with one attached hydrogen (secondary N) is 1. The van der Waals surface area contributed by atoms with Crippen LogP contribution >= 0.6 is 0 Å². The molecule has 0 bridgehead atoms. The Kier molecular flexibility index (Phi) is 5.66. The van der Waals surface area contributed by atoms with Crippen molar-refractivity contribution in [3.8, 4) is 0 Å². The predicted molar refractivity (Wildman–Crippen MR) is 103 cm³/mol. The van der Waals surface area contributed by atoms with Gasteiger partial charge in [-0.25, -0.2) is 0 Å². The molecule has 1 fully saturated rings. The van der Waals surface area contributed by atoms with Crippen LogP contribution in [0.15, 0.2) is 36.5 Å². The molecule has 1 aliphatic rings. The Morgan fingerprint density at radius 2 is 1.73 bits per heavy atom. The topological polar surface area (TPSA) is 62.3 Å². The summed E-state index contributed by atoms with van der Waals surface area (Å²) >= 11 is 0. The van der Waals surface area contributed by atoms with Crippen molar-refractivity contribution >= 4 is 17.5 Å². The molecule has 1 saturated heterocycles. The largest absolute Gasteiger partial charge is 0.339 e. The van der Waals surface area contributed by atoms with Gasteiger partial charge in [-0.3, -0.25) is 14.6 Å². The van der Waals surface area contributed by atoms with Gasteiger partial charge in [0.1, 0.15) is 5.69 Å². The van der Waals surface area contributed by atoms with Crippen LogP contribution in [-0.2, 0) is 12.8 Å². The molecule has 2 heterocycles. The number of aromatic nitrogens is 1. The minimum Gasteiger partial charge on any atom is -0.339 e. The number of rotatable bonds is 5. The lowest BCUT2D eigenvalue weighted by atomic mass is 10.0. The minimum atomic E-state index is -0.281. The van der Waals surface area contributed by atoms with E-state index in [0.717, 1.165) is 55.6 Å². The maximum absolute atomic E-state index is 12.7. The first-order valence-corrected chi connectivity index (χ1v) is 9.31. The van der Waals surface area contributed by atoms with Gasteiger partial charge in [-0.05, 0) is 48.9 Å². The lowest BCUT2D eigenvalue weighted by Gasteiger charge is -2.16. The standard InChI is InChI=1S/C21H25N3O2/c1-3-15-8-7-9-16(4-2)19(15)23-20(25)18-14-17(10-11-22-18)21(26)24-12-5-6-13-24/h7-11,14H,3-6,12-13H2,1-2H3,(H,23,25). The number of likely N-dealkylation sites (tertiary alicyclic amines) is 1. The number of amides is 2. The number of carbonyl (C=O) groups is 2. The molecular formula is C21H25N3O2. The van der Waals surface area contributed by atoms with Crippen LogP contribution in [0, 0.1) is 0 Å². The third kappa shape index (κ3) is 3.77. The van der Waals surface area contributed by atoms with Crippen LogP contribution in [0.1, 0.15) is 58.7 Å². The van der Waals surface area contributed by atoms with Gasteiger partial charge in [-0.2, -0.15) is 0 Å². The van der Waals surface area contributed by atoms with Gasteiger partial charge < -0.3 is 10.2 Å². The second kappa shape index (κ2) is 8.13. The number of pyridine rings is 1. The number of para-hydroxylation sites is 1. The monoisotopic (exact) mass is 351 g/mol. The average molecular weight is 351 g/mol. The van der Waals surface area contributed by atoms with Gasteiger partial charge in [0.05, 0.1) is 0 Å². The van der Waals surface area contributed by atoms with Crippen LogP contribution in [0.4, 0.5) is 5.69 Å². The summed E-state index contributed by atoms with van der Waals surface area (Å²) in [7, 11) is 0. The fourth-order valence-corrected chi connectivity index (χ4v) is 3.37. The molecule has 1 aromatic heterocycles. The smallest absolute Gasteiger partial charge is 0.274 e. The Bertz CT molecular complexity index is 788. The molecular weight excluding hydrogens is 326 g/mol. The van der Waals surface area contributed by atoms with Gasteiger partial charge in [0, 0.05) is 30.5 Å². The molecule has 1 N–H and O–H groups in total. The van der Waals surface area contributed by atoms with Gasteiger partial charge in [-0.15, -0.1) is 0 Å². The van der Waals surface area contributed by atoms with E-state index in [0.29, 0.717) is 5.56 Å². The van der Waals surface area contributed by atoms with Gasteiger partial charge in [0.2, 0.25) is 0 Å². The molecule has 0 saturated carbocycles. The first-order chi connectivity index (χ1) is 12.6. The zero-order chi connectivity index (χ0) is 18.5. The van der Waals surface area contributed by atoms with E-state index in [2.05, 4.69) is 24.1 Å². The second-order valence-electron chi connectivity index (χ2n) is 6.54. The second-order valence-corrected chi connectivity index (χ2v) is 6.54. The molecule has 26 heavy (non-hydrogen) atoms. The number of benzene rings is 1. The summed E-state index contributed by atoms with van der Waals surface area (Å²) in [5, 5.41) is 3.01. The highest BCUT2D eigenvalue weighted by Gasteiger charge is 2.21. The van der Waals surface area contributed by atoms with Crippen LogP contribution in [0.25, 0.3) is 0 Å². The number of aryl methyl sites for hydroxylation is 2. The molecule has 5 heteroatoms. The van der Waals surface area contributed by atoms with E-state index in [1.54, 1.807) is 12.1 Å². The molecule has 0 aliphatic carbocycles. The zero-order valence-electron chi connectivity index (χ0n) is 15.4. The summed E-state index contributed by atoms with van der Waals surface area (Å²) in [6.45, 7) is 5.70. The minimum absolute atomic E-state index is 0.0258. The Morgan fingerprint density at radius 3 is 2.35 bits per heavy atom. The van der Waals surface area contributed by atoms with Crippen LogP contribution in [0.3, 0.4) is 0 Å². The molecule has 5 nitrogen and oxygen atoms in total. The summed E-state index contributed by atoms with van der Waals surface area (Å²) in [6.07, 6.45) is 5.29. The summed E-state index contributed by atoms with van der Waals surface area (Å²) < 4.78 is 0. The number of anilines is 1. The van der Waals surface area contributed by atoms with Crippen molar-refractivity contribution in [2.24, 2.45) is 0 Å². The SMILES string of the molecule is CCc1cccc(CC)c1NC(=O)c1cc(C(=O)N2CCCC2)ccn1. The summed E-state index contributed by atoms with van der Waals surface area (Å²) in [5.41, 5.74) is 3.85. The first-order valence-electron chi connectivity index (χ1n) is 9.31. The molecule has 0 unspecified atom stereocenters. The Hall–Kier alpha value is -2.69. The molecule has 3 rings (SSSR count). The van der Waals surface area contributed by atoms with E-state index < -0.39 is 0 Å². The van der Waals surface area contributed by atoms with Crippen molar-refractivity contribution in [1.82, 2.24) is 9.88 Å². The first kappa shape index (κ1) is 18.1. The van der Waals surface area contributed by atoms with Crippen molar-refractivity contribution < 1.29 is 9.59 Å². The van der Waals surface area contributed by atoms with Crippen molar-refractivity contribution in [3.05, 3.63) is 58.9 Å². The maximum Gasteiger partial charge on any atom is 0.274 e. The van der Waals surface area contributed by atoms with Crippen molar-refractivity contribution in [2.75, 3.05) is 18.4 Å². The highest BCUT2D eigenvalue weighted by Crippen LogP contribution is 2.23. The normalized spacial score (nSPS) is 13.7. The van der Waals surface area contributed by atoms with Crippen LogP contribution in [0.2, 0.25) is 0 Å². The molecule has 1 aromatic carbocycles. The van der Waals surface area contributed by atoms with Gasteiger partial charge in [-0.1, -0.05) is 32.0 Å². The lowest BCUT2D eigenvalue weighted by Crippen LogP contribution is -2.28. The third-order valence-electron chi connectivity index (χ3n) is 4.87. The number of hydrogen-bond acceptors (Lipinski definition) is 3. The number of nitrogens with zero attached hydrogens (tertiary/aromatic N) is 2. The fourth-order valence-electron chi connectivity index (χ4n) is 3.37. The van der Waals surface area contributed by atoms with E-state index in [4.69, 9.17) is 0 Å². The molecule has 2 aromatic rings. The molecule has 1 aliphatic heterocycles. The number of hydrogen-bond donors (Lipinski definition) is 1. The van der Waals surface area contributed by atoms with E-state index in [1.807, 2.05) is 23.1 Å². The highest BCUT2D eigenvalue weighted by atomic mass is 16.2. The van der Waals surface area contributed by atoms with Crippen LogP contribution in [0.5, 0.6) is 0 Å². The van der Waals surface area contributed by atoms with Crippen LogP contribution < -0.4 is 5.32 Å². The summed E-state index contributed by atoms with van der Waals surface area (Å²) in [5.74, 6) is -0.307. The van der Waals surface area contributed by atoms with Gasteiger partial charge >= 0.3 is 0 Å². The van der Waals surface area contributed by atoms with E-state index >= 15 is 0 Å². The van der Waals surface area contributed by atoms with Gasteiger partial charge in [0.25, 0.3) is 11.8 Å². The van der Waals surface area contributed by atoms with Crippen molar-refractivity contribution in [1.29, 1.82) is 0 Å². The molecule has 0 atom stereocenters. The summed E-state index contributed by atoms with van der Waals surface area (Å²) in [6, 6.07) is 9.33. The quantitative estimate of drug-likeness (QED) is 0.893. The highest BCUT2D eigenvalue weighted by molar-refractivity contribution is 6.05. The number of carbonyl (C=O) groups excluding carboxylic acids is 2. The van der Waals surface area contributed by atoms with E-state index in [9.17, 15) is 9.59 Å². The maximum atomic E-state index is 12.7. The van der Waals surface area contributed by atoms with Crippen molar-refractivity contribution in [2.45, 2.75) is 39.5 Å². The Labute approximate surface area is 154 Å². The zero-order valence-corrected chi connectivity index (χ0v) is 15.4. The Morgan fingerprint density at radius 1 is 1.08 bits per heavy atom. The summed E-state index contributed by atoms with van der Waals surface area (Å²) in [4.78, 5) is 31.3. The van der Waals surface area contributed by atoms with E-state index in [1.165, 1.54) is 6.20 Å². The van der Waals surface area contributed by atoms with Crippen molar-refractivity contribution in [3.63, 3.8) is 0 Å². The van der Waals surface area contributed by atoms with Gasteiger partial charge in [0.15, 0.2) is 0 Å². The lowest BCUT2D eigenvalue weighted by molar-refractivity contribution is 0.0792. The predicted octanol–water partition coefficient (Wildman–Crippen LogP) is 3.69.